The Bertz CT molecular complexity index is 612. The molecule has 0 aliphatic carbocycles. The van der Waals surface area contributed by atoms with Crippen LogP contribution in [0.5, 0.6) is 0 Å². The van der Waals surface area contributed by atoms with Crippen molar-refractivity contribution >= 4 is 29.1 Å². The van der Waals surface area contributed by atoms with Crippen molar-refractivity contribution in [1.82, 2.24) is 14.7 Å². The molecule has 150 valence electrons. The maximum atomic E-state index is 12.5. The Morgan fingerprint density at radius 2 is 1.56 bits per heavy atom. The summed E-state index contributed by atoms with van der Waals surface area (Å²) in [5, 5.41) is 3.40. The lowest BCUT2D eigenvalue weighted by Gasteiger charge is -2.35. The molecule has 0 bridgehead atoms. The van der Waals surface area contributed by atoms with Gasteiger partial charge in [0, 0.05) is 39.3 Å². The van der Waals surface area contributed by atoms with Crippen molar-refractivity contribution in [2.24, 2.45) is 0 Å². The number of piperazine rings is 1. The number of carbonyl (C=O) groups excluding carboxylic acids is 2. The maximum Gasteiger partial charge on any atom is 0.238 e. The van der Waals surface area contributed by atoms with Crippen LogP contribution in [-0.4, -0.2) is 78.9 Å². The number of amides is 2. The summed E-state index contributed by atoms with van der Waals surface area (Å²) in [6.45, 7) is 9.84. The van der Waals surface area contributed by atoms with Gasteiger partial charge in [-0.1, -0.05) is 37.6 Å². The summed E-state index contributed by atoms with van der Waals surface area (Å²) in [4.78, 5) is 31.0. The third-order valence-electron chi connectivity index (χ3n) is 4.68. The summed E-state index contributed by atoms with van der Waals surface area (Å²) in [5.41, 5.74) is 0.639. The van der Waals surface area contributed by atoms with Crippen LogP contribution in [0.25, 0.3) is 0 Å². The highest BCUT2D eigenvalue weighted by Crippen LogP contribution is 2.20. The van der Waals surface area contributed by atoms with E-state index in [2.05, 4.69) is 29.0 Å². The Balaban J connectivity index is 1.74. The smallest absolute Gasteiger partial charge is 0.238 e. The Hall–Kier alpha value is -1.63. The molecule has 0 radical (unpaired) electrons. The molecule has 1 aromatic rings. The van der Waals surface area contributed by atoms with Crippen molar-refractivity contribution in [1.29, 1.82) is 0 Å². The molecule has 2 rings (SSSR count). The number of rotatable bonds is 9. The lowest BCUT2D eigenvalue weighted by molar-refractivity contribution is -0.133. The van der Waals surface area contributed by atoms with E-state index in [0.29, 0.717) is 23.8 Å². The van der Waals surface area contributed by atoms with Crippen molar-refractivity contribution < 1.29 is 9.59 Å². The van der Waals surface area contributed by atoms with Gasteiger partial charge in [0.25, 0.3) is 0 Å². The molecule has 1 aromatic carbocycles. The number of anilines is 1. The number of para-hydroxylation sites is 1. The number of halogens is 1. The van der Waals surface area contributed by atoms with E-state index in [1.54, 1.807) is 12.1 Å². The average Bonchev–Trinajstić information content (AvgIpc) is 2.65. The molecule has 1 aliphatic rings. The lowest BCUT2D eigenvalue weighted by Crippen LogP contribution is -2.51. The van der Waals surface area contributed by atoms with Crippen LogP contribution in [0.4, 0.5) is 5.69 Å². The predicted octanol–water partition coefficient (Wildman–Crippen LogP) is 2.54. The van der Waals surface area contributed by atoms with Crippen LogP contribution < -0.4 is 5.32 Å². The van der Waals surface area contributed by atoms with E-state index in [-0.39, 0.29) is 11.8 Å². The normalized spacial score (nSPS) is 15.5. The fraction of sp³-hybridized carbons (Fsp3) is 0.600. The van der Waals surface area contributed by atoms with E-state index in [0.717, 1.165) is 52.1 Å². The highest BCUT2D eigenvalue weighted by Gasteiger charge is 2.22. The first-order valence-electron chi connectivity index (χ1n) is 9.80. The zero-order valence-electron chi connectivity index (χ0n) is 16.4. The summed E-state index contributed by atoms with van der Waals surface area (Å²) in [6.07, 6.45) is 1.97. The van der Waals surface area contributed by atoms with Crippen LogP contribution in [0.15, 0.2) is 24.3 Å². The molecular formula is C20H31ClN4O2. The first-order chi connectivity index (χ1) is 13.0. The third kappa shape index (κ3) is 7.13. The monoisotopic (exact) mass is 394 g/mol. The molecule has 1 saturated heterocycles. The molecule has 0 unspecified atom stereocenters. The van der Waals surface area contributed by atoms with Gasteiger partial charge in [-0.2, -0.15) is 0 Å². The van der Waals surface area contributed by atoms with E-state index in [9.17, 15) is 9.59 Å². The molecule has 1 N–H and O–H groups in total. The van der Waals surface area contributed by atoms with Gasteiger partial charge in [-0.3, -0.25) is 19.4 Å². The molecular weight excluding hydrogens is 364 g/mol. The fourth-order valence-electron chi connectivity index (χ4n) is 3.25. The molecule has 0 aromatic heterocycles. The highest BCUT2D eigenvalue weighted by atomic mass is 35.5. The summed E-state index contributed by atoms with van der Waals surface area (Å²) in [5.74, 6) is 0.147. The molecule has 1 aliphatic heterocycles. The van der Waals surface area contributed by atoms with Crippen molar-refractivity contribution in [2.75, 3.05) is 57.7 Å². The molecule has 7 heteroatoms. The fourth-order valence-corrected chi connectivity index (χ4v) is 3.44. The van der Waals surface area contributed by atoms with Gasteiger partial charge in [0.1, 0.15) is 0 Å². The average molecular weight is 395 g/mol. The van der Waals surface area contributed by atoms with Gasteiger partial charge in [0.15, 0.2) is 0 Å². The van der Waals surface area contributed by atoms with Gasteiger partial charge in [0.05, 0.1) is 23.8 Å². The minimum Gasteiger partial charge on any atom is -0.342 e. The summed E-state index contributed by atoms with van der Waals surface area (Å²) in [6, 6.07) is 7.23. The Kier molecular flexibility index (Phi) is 9.04. The first kappa shape index (κ1) is 21.7. The molecule has 1 fully saturated rings. The van der Waals surface area contributed by atoms with Crippen LogP contribution in [0, 0.1) is 0 Å². The van der Waals surface area contributed by atoms with Crippen molar-refractivity contribution in [3.8, 4) is 0 Å². The van der Waals surface area contributed by atoms with Crippen LogP contribution in [0.2, 0.25) is 5.02 Å². The van der Waals surface area contributed by atoms with Crippen LogP contribution >= 0.6 is 11.6 Å². The van der Waals surface area contributed by atoms with Crippen LogP contribution in [0.1, 0.15) is 26.7 Å². The zero-order chi connectivity index (χ0) is 19.6. The van der Waals surface area contributed by atoms with E-state index in [4.69, 9.17) is 11.6 Å². The summed E-state index contributed by atoms with van der Waals surface area (Å²) >= 11 is 6.08. The number of carbonyl (C=O) groups is 2. The maximum absolute atomic E-state index is 12.5. The SMILES string of the molecule is CCCN(CCC)C(=O)CN1CCN(CC(=O)Nc2ccccc2Cl)CC1. The Labute approximate surface area is 167 Å². The number of nitrogens with zero attached hydrogens (tertiary/aromatic N) is 3. The molecule has 27 heavy (non-hydrogen) atoms. The zero-order valence-corrected chi connectivity index (χ0v) is 17.2. The predicted molar refractivity (Wildman–Crippen MR) is 110 cm³/mol. The molecule has 2 amide bonds. The van der Waals surface area contributed by atoms with Crippen molar-refractivity contribution in [3.05, 3.63) is 29.3 Å². The van der Waals surface area contributed by atoms with E-state index >= 15 is 0 Å². The minimum absolute atomic E-state index is 0.0651. The van der Waals surface area contributed by atoms with Gasteiger partial charge in [0.2, 0.25) is 11.8 Å². The summed E-state index contributed by atoms with van der Waals surface area (Å²) in [7, 11) is 0. The topological polar surface area (TPSA) is 55.9 Å². The highest BCUT2D eigenvalue weighted by molar-refractivity contribution is 6.33. The largest absolute Gasteiger partial charge is 0.342 e. The molecule has 6 nitrogen and oxygen atoms in total. The third-order valence-corrected chi connectivity index (χ3v) is 5.01. The molecule has 0 spiro atoms. The van der Waals surface area contributed by atoms with Gasteiger partial charge >= 0.3 is 0 Å². The molecule has 0 atom stereocenters. The lowest BCUT2D eigenvalue weighted by atomic mass is 10.2. The first-order valence-corrected chi connectivity index (χ1v) is 10.2. The number of hydrogen-bond donors (Lipinski definition) is 1. The van der Waals surface area contributed by atoms with E-state index < -0.39 is 0 Å². The summed E-state index contributed by atoms with van der Waals surface area (Å²) < 4.78 is 0. The second-order valence-corrected chi connectivity index (χ2v) is 7.37. The van der Waals surface area contributed by atoms with Gasteiger partial charge in [-0.05, 0) is 25.0 Å². The second-order valence-electron chi connectivity index (χ2n) is 6.96. The van der Waals surface area contributed by atoms with Crippen LogP contribution in [0.3, 0.4) is 0 Å². The van der Waals surface area contributed by atoms with E-state index in [1.807, 2.05) is 17.0 Å². The Morgan fingerprint density at radius 3 is 2.11 bits per heavy atom. The van der Waals surface area contributed by atoms with E-state index in [1.165, 1.54) is 0 Å². The van der Waals surface area contributed by atoms with Crippen molar-refractivity contribution in [3.63, 3.8) is 0 Å². The number of hydrogen-bond acceptors (Lipinski definition) is 4. The number of nitrogens with one attached hydrogen (secondary N) is 1. The molecule has 1 heterocycles. The van der Waals surface area contributed by atoms with Crippen molar-refractivity contribution in [2.45, 2.75) is 26.7 Å². The number of benzene rings is 1. The van der Waals surface area contributed by atoms with Gasteiger partial charge in [-0.25, -0.2) is 0 Å². The minimum atomic E-state index is -0.0651. The Morgan fingerprint density at radius 1 is 1.00 bits per heavy atom. The quantitative estimate of drug-likeness (QED) is 0.699. The van der Waals surface area contributed by atoms with Crippen LogP contribution in [-0.2, 0) is 9.59 Å². The van der Waals surface area contributed by atoms with Gasteiger partial charge < -0.3 is 10.2 Å². The van der Waals surface area contributed by atoms with Gasteiger partial charge in [-0.15, -0.1) is 0 Å². The standard InChI is InChI=1S/C20H31ClN4O2/c1-3-9-25(10-4-2)20(27)16-24-13-11-23(12-14-24)15-19(26)22-18-8-6-5-7-17(18)21/h5-8H,3-4,9-16H2,1-2H3,(H,22,26). The second kappa shape index (κ2) is 11.3. The molecule has 0 saturated carbocycles.